The average molecular weight is 274 g/mol. The van der Waals surface area contributed by atoms with Gasteiger partial charge in [0.25, 0.3) is 0 Å². The Balaban J connectivity index is 1.96. The van der Waals surface area contributed by atoms with Crippen molar-refractivity contribution in [2.75, 3.05) is 7.11 Å². The van der Waals surface area contributed by atoms with Crippen molar-refractivity contribution in [1.29, 1.82) is 0 Å². The summed E-state index contributed by atoms with van der Waals surface area (Å²) in [5, 5.41) is 0. The molecule has 2 nitrogen and oxygen atoms in total. The van der Waals surface area contributed by atoms with Gasteiger partial charge in [-0.1, -0.05) is 31.2 Å². The molecule has 0 unspecified atom stereocenters. The molecule has 0 aliphatic heterocycles. The van der Waals surface area contributed by atoms with Gasteiger partial charge in [-0.3, -0.25) is 0 Å². The van der Waals surface area contributed by atoms with E-state index in [1.54, 1.807) is 7.11 Å². The molecule has 0 amide bonds. The zero-order valence-electron chi connectivity index (χ0n) is 12.7. The highest BCUT2D eigenvalue weighted by molar-refractivity contribution is 5.49. The summed E-state index contributed by atoms with van der Waals surface area (Å²) in [5.74, 6) is 0.653. The average Bonchev–Trinajstić information content (AvgIpc) is 2.53. The third-order valence-electron chi connectivity index (χ3n) is 4.91. The van der Waals surface area contributed by atoms with Crippen LogP contribution < -0.4 is 0 Å². The van der Waals surface area contributed by atoms with Crippen molar-refractivity contribution >= 4 is 6.29 Å². The standard InChI is InChI=1S/C18H26O2/c1-3-15-5-7-16(8-6-15)17-9-12-18(20-2,13-10-17)11-4-14-19/h5-8,14,17H,3-4,9-13H2,1-2H3. The fourth-order valence-electron chi connectivity index (χ4n) is 3.38. The summed E-state index contributed by atoms with van der Waals surface area (Å²) < 4.78 is 5.74. The van der Waals surface area contributed by atoms with Gasteiger partial charge in [0.15, 0.2) is 0 Å². The van der Waals surface area contributed by atoms with E-state index in [1.165, 1.54) is 11.1 Å². The molecule has 1 fully saturated rings. The molecule has 0 heterocycles. The highest BCUT2D eigenvalue weighted by Gasteiger charge is 2.35. The summed E-state index contributed by atoms with van der Waals surface area (Å²) in [5.41, 5.74) is 2.81. The first kappa shape index (κ1) is 15.2. The van der Waals surface area contributed by atoms with Gasteiger partial charge in [-0.15, -0.1) is 0 Å². The van der Waals surface area contributed by atoms with Gasteiger partial charge in [-0.25, -0.2) is 0 Å². The van der Waals surface area contributed by atoms with Crippen LogP contribution in [0.3, 0.4) is 0 Å². The fraction of sp³-hybridized carbons (Fsp3) is 0.611. The van der Waals surface area contributed by atoms with E-state index in [1.807, 2.05) is 0 Å². The number of methoxy groups -OCH3 is 1. The third-order valence-corrected chi connectivity index (χ3v) is 4.91. The Kier molecular flexibility index (Phi) is 5.36. The van der Waals surface area contributed by atoms with Crippen molar-refractivity contribution < 1.29 is 9.53 Å². The number of aldehydes is 1. The minimum absolute atomic E-state index is 0.0548. The van der Waals surface area contributed by atoms with Gasteiger partial charge < -0.3 is 9.53 Å². The van der Waals surface area contributed by atoms with E-state index in [2.05, 4.69) is 31.2 Å². The predicted octanol–water partition coefficient (Wildman–Crippen LogP) is 4.27. The minimum Gasteiger partial charge on any atom is -0.378 e. The maximum Gasteiger partial charge on any atom is 0.120 e. The molecule has 0 atom stereocenters. The quantitative estimate of drug-likeness (QED) is 0.724. The molecule has 1 aromatic carbocycles. The Hall–Kier alpha value is -1.15. The van der Waals surface area contributed by atoms with Crippen LogP contribution in [0.25, 0.3) is 0 Å². The van der Waals surface area contributed by atoms with Crippen molar-refractivity contribution in [2.24, 2.45) is 0 Å². The Labute approximate surface area is 122 Å². The normalized spacial score (nSPS) is 26.4. The molecular weight excluding hydrogens is 248 g/mol. The van der Waals surface area contributed by atoms with Crippen LogP contribution in [0, 0.1) is 0 Å². The second kappa shape index (κ2) is 7.03. The summed E-state index contributed by atoms with van der Waals surface area (Å²) in [6.07, 6.45) is 8.06. The van der Waals surface area contributed by atoms with Gasteiger partial charge in [-0.05, 0) is 55.6 Å². The zero-order valence-corrected chi connectivity index (χ0v) is 12.7. The first-order chi connectivity index (χ1) is 9.73. The number of hydrogen-bond donors (Lipinski definition) is 0. The number of carbonyl (C=O) groups is 1. The van der Waals surface area contributed by atoms with E-state index < -0.39 is 0 Å². The topological polar surface area (TPSA) is 26.3 Å². The first-order valence-electron chi connectivity index (χ1n) is 7.80. The molecule has 2 rings (SSSR count). The van der Waals surface area contributed by atoms with Crippen LogP contribution in [0.4, 0.5) is 0 Å². The van der Waals surface area contributed by atoms with Crippen molar-refractivity contribution in [3.63, 3.8) is 0 Å². The lowest BCUT2D eigenvalue weighted by Gasteiger charge is -2.39. The largest absolute Gasteiger partial charge is 0.378 e. The van der Waals surface area contributed by atoms with Gasteiger partial charge >= 0.3 is 0 Å². The third kappa shape index (κ3) is 3.49. The van der Waals surface area contributed by atoms with Crippen molar-refractivity contribution in [3.8, 4) is 0 Å². The van der Waals surface area contributed by atoms with E-state index in [4.69, 9.17) is 4.74 Å². The highest BCUT2D eigenvalue weighted by atomic mass is 16.5. The molecule has 1 aliphatic carbocycles. The molecule has 0 spiro atoms. The lowest BCUT2D eigenvalue weighted by Crippen LogP contribution is -2.35. The van der Waals surface area contributed by atoms with E-state index in [0.29, 0.717) is 12.3 Å². The summed E-state index contributed by atoms with van der Waals surface area (Å²) in [6, 6.07) is 9.07. The lowest BCUT2D eigenvalue weighted by molar-refractivity contribution is -0.110. The zero-order chi connectivity index (χ0) is 14.4. The molecule has 1 saturated carbocycles. The molecule has 0 aromatic heterocycles. The maximum atomic E-state index is 10.6. The molecular formula is C18H26O2. The second-order valence-electron chi connectivity index (χ2n) is 5.96. The van der Waals surface area contributed by atoms with Gasteiger partial charge in [0.1, 0.15) is 6.29 Å². The summed E-state index contributed by atoms with van der Waals surface area (Å²) in [7, 11) is 1.79. The van der Waals surface area contributed by atoms with Crippen LogP contribution in [-0.2, 0) is 16.0 Å². The Morgan fingerprint density at radius 1 is 1.25 bits per heavy atom. The van der Waals surface area contributed by atoms with E-state index in [9.17, 15) is 4.79 Å². The number of ether oxygens (including phenoxy) is 1. The summed E-state index contributed by atoms with van der Waals surface area (Å²) in [6.45, 7) is 2.19. The smallest absolute Gasteiger partial charge is 0.120 e. The Morgan fingerprint density at radius 3 is 2.40 bits per heavy atom. The highest BCUT2D eigenvalue weighted by Crippen LogP contribution is 2.41. The maximum absolute atomic E-state index is 10.6. The van der Waals surface area contributed by atoms with E-state index in [0.717, 1.165) is 44.8 Å². The van der Waals surface area contributed by atoms with Crippen molar-refractivity contribution in [1.82, 2.24) is 0 Å². The van der Waals surface area contributed by atoms with E-state index in [-0.39, 0.29) is 5.60 Å². The minimum atomic E-state index is -0.0548. The molecule has 1 aromatic rings. The van der Waals surface area contributed by atoms with Crippen LogP contribution in [0.1, 0.15) is 62.5 Å². The summed E-state index contributed by atoms with van der Waals surface area (Å²) in [4.78, 5) is 10.6. The van der Waals surface area contributed by atoms with Gasteiger partial charge in [0.05, 0.1) is 5.60 Å². The van der Waals surface area contributed by atoms with Gasteiger partial charge in [0, 0.05) is 13.5 Å². The fourth-order valence-corrected chi connectivity index (χ4v) is 3.38. The first-order valence-corrected chi connectivity index (χ1v) is 7.80. The number of aryl methyl sites for hydroxylation is 1. The lowest BCUT2D eigenvalue weighted by atomic mass is 9.74. The number of carbonyl (C=O) groups excluding carboxylic acids is 1. The monoisotopic (exact) mass is 274 g/mol. The predicted molar refractivity (Wildman–Crippen MR) is 82.1 cm³/mol. The Morgan fingerprint density at radius 2 is 1.90 bits per heavy atom. The molecule has 20 heavy (non-hydrogen) atoms. The molecule has 110 valence electrons. The molecule has 0 saturated heterocycles. The molecule has 0 N–H and O–H groups in total. The van der Waals surface area contributed by atoms with E-state index >= 15 is 0 Å². The van der Waals surface area contributed by atoms with Crippen LogP contribution in [-0.4, -0.2) is 19.0 Å². The SMILES string of the molecule is CCc1ccc(C2CCC(CCC=O)(OC)CC2)cc1. The Bertz CT molecular complexity index is 414. The second-order valence-corrected chi connectivity index (χ2v) is 5.96. The molecule has 1 aliphatic rings. The number of rotatable bonds is 6. The number of hydrogen-bond acceptors (Lipinski definition) is 2. The molecule has 2 heteroatoms. The van der Waals surface area contributed by atoms with Crippen LogP contribution in [0.2, 0.25) is 0 Å². The molecule has 0 bridgehead atoms. The molecule has 0 radical (unpaired) electrons. The van der Waals surface area contributed by atoms with Crippen molar-refractivity contribution in [3.05, 3.63) is 35.4 Å². The number of benzene rings is 1. The van der Waals surface area contributed by atoms with Gasteiger partial charge in [0.2, 0.25) is 0 Å². The van der Waals surface area contributed by atoms with Gasteiger partial charge in [-0.2, -0.15) is 0 Å². The van der Waals surface area contributed by atoms with Crippen LogP contribution in [0.15, 0.2) is 24.3 Å². The van der Waals surface area contributed by atoms with Crippen LogP contribution in [0.5, 0.6) is 0 Å². The summed E-state index contributed by atoms with van der Waals surface area (Å²) >= 11 is 0. The van der Waals surface area contributed by atoms with Crippen LogP contribution >= 0.6 is 0 Å². The van der Waals surface area contributed by atoms with Crippen molar-refractivity contribution in [2.45, 2.75) is 63.4 Å².